The Hall–Kier alpha value is -3.62. The van der Waals surface area contributed by atoms with Gasteiger partial charge in [-0.1, -0.05) is 18.2 Å². The van der Waals surface area contributed by atoms with Crippen LogP contribution in [0.3, 0.4) is 0 Å². The van der Waals surface area contributed by atoms with E-state index >= 15 is 0 Å². The summed E-state index contributed by atoms with van der Waals surface area (Å²) in [5.41, 5.74) is 1.17. The molecule has 0 saturated carbocycles. The first-order chi connectivity index (χ1) is 15.4. The second-order valence-corrected chi connectivity index (χ2v) is 7.62. The molecule has 0 aliphatic carbocycles. The van der Waals surface area contributed by atoms with E-state index in [-0.39, 0.29) is 17.3 Å². The van der Waals surface area contributed by atoms with Crippen LogP contribution >= 0.6 is 0 Å². The smallest absolute Gasteiger partial charge is 0.338 e. The predicted molar refractivity (Wildman–Crippen MR) is 119 cm³/mol. The zero-order chi connectivity index (χ0) is 23.1. The lowest BCUT2D eigenvalue weighted by molar-refractivity contribution is -0.384. The lowest BCUT2D eigenvalue weighted by Gasteiger charge is -2.28. The molecule has 1 unspecified atom stereocenters. The van der Waals surface area contributed by atoms with Crippen LogP contribution in [0.1, 0.15) is 48.1 Å². The molecule has 3 rings (SSSR count). The Morgan fingerprint density at radius 3 is 2.56 bits per heavy atom. The predicted octanol–water partition coefficient (Wildman–Crippen LogP) is 3.63. The van der Waals surface area contributed by atoms with E-state index in [1.165, 1.54) is 12.1 Å². The van der Waals surface area contributed by atoms with Gasteiger partial charge in [-0.3, -0.25) is 14.9 Å². The fraction of sp³-hybridized carbons (Fsp3) is 0.391. The Morgan fingerprint density at radius 1 is 1.16 bits per heavy atom. The second kappa shape index (κ2) is 10.6. The molecule has 9 nitrogen and oxygen atoms in total. The molecule has 1 aliphatic rings. The highest BCUT2D eigenvalue weighted by molar-refractivity contribution is 5.93. The Kier molecular flexibility index (Phi) is 7.64. The molecule has 0 spiro atoms. The van der Waals surface area contributed by atoms with Crippen LogP contribution in [0.15, 0.2) is 42.5 Å². The van der Waals surface area contributed by atoms with E-state index in [0.717, 1.165) is 37.9 Å². The first-order valence-corrected chi connectivity index (χ1v) is 10.5. The van der Waals surface area contributed by atoms with Crippen molar-refractivity contribution in [3.8, 4) is 5.75 Å². The van der Waals surface area contributed by atoms with Gasteiger partial charge in [-0.2, -0.15) is 0 Å². The molecule has 0 radical (unpaired) electrons. The van der Waals surface area contributed by atoms with Gasteiger partial charge in [0.25, 0.3) is 11.6 Å². The van der Waals surface area contributed by atoms with Crippen molar-refractivity contribution >= 4 is 23.3 Å². The summed E-state index contributed by atoms with van der Waals surface area (Å²) in [7, 11) is 1.55. The van der Waals surface area contributed by atoms with Gasteiger partial charge in [0.05, 0.1) is 23.6 Å². The number of para-hydroxylation sites is 1. The van der Waals surface area contributed by atoms with Gasteiger partial charge < -0.3 is 19.7 Å². The van der Waals surface area contributed by atoms with Crippen molar-refractivity contribution in [3.63, 3.8) is 0 Å². The average Bonchev–Trinajstić information content (AvgIpc) is 2.82. The van der Waals surface area contributed by atoms with E-state index in [2.05, 4.69) is 5.32 Å². The lowest BCUT2D eigenvalue weighted by atomic mass is 10.1. The summed E-state index contributed by atoms with van der Waals surface area (Å²) in [6.45, 7) is 2.78. The zero-order valence-corrected chi connectivity index (χ0v) is 18.2. The van der Waals surface area contributed by atoms with Crippen molar-refractivity contribution in [2.75, 3.05) is 31.7 Å². The molecular weight excluding hydrogens is 414 g/mol. The molecule has 1 fully saturated rings. The Labute approximate surface area is 186 Å². The number of hydrogen-bond acceptors (Lipinski definition) is 7. The monoisotopic (exact) mass is 441 g/mol. The molecular formula is C23H27N3O6. The Bertz CT molecular complexity index is 987. The maximum Gasteiger partial charge on any atom is 0.338 e. The van der Waals surface area contributed by atoms with Crippen molar-refractivity contribution in [1.82, 2.24) is 5.32 Å². The third-order valence-electron chi connectivity index (χ3n) is 5.42. The second-order valence-electron chi connectivity index (χ2n) is 7.62. The number of nitrogens with one attached hydrogen (secondary N) is 1. The summed E-state index contributed by atoms with van der Waals surface area (Å²) in [5, 5.41) is 14.3. The maximum absolute atomic E-state index is 12.4. The Balaban J connectivity index is 1.62. The largest absolute Gasteiger partial charge is 0.496 e. The molecule has 1 N–H and O–H groups in total. The van der Waals surface area contributed by atoms with Gasteiger partial charge in [-0.05, 0) is 44.4 Å². The maximum atomic E-state index is 12.4. The summed E-state index contributed by atoms with van der Waals surface area (Å²) in [5.74, 6) is -0.645. The van der Waals surface area contributed by atoms with Crippen LogP contribution in [-0.4, -0.2) is 43.6 Å². The summed E-state index contributed by atoms with van der Waals surface area (Å²) >= 11 is 0. The number of esters is 1. The van der Waals surface area contributed by atoms with Crippen molar-refractivity contribution in [2.45, 2.75) is 32.2 Å². The normalized spacial score (nSPS) is 14.4. The summed E-state index contributed by atoms with van der Waals surface area (Å²) in [6, 6.07) is 11.2. The van der Waals surface area contributed by atoms with Crippen molar-refractivity contribution in [1.29, 1.82) is 0 Å². The van der Waals surface area contributed by atoms with Crippen LogP contribution in [0, 0.1) is 10.1 Å². The van der Waals surface area contributed by atoms with E-state index in [9.17, 15) is 19.7 Å². The number of amides is 1. The minimum atomic E-state index is -0.793. The molecule has 9 heteroatoms. The van der Waals surface area contributed by atoms with Crippen LogP contribution in [0.4, 0.5) is 11.4 Å². The van der Waals surface area contributed by atoms with Crippen LogP contribution in [0.2, 0.25) is 0 Å². The number of piperidine rings is 1. The number of ether oxygens (including phenoxy) is 2. The topological polar surface area (TPSA) is 111 Å². The molecule has 1 saturated heterocycles. The summed E-state index contributed by atoms with van der Waals surface area (Å²) < 4.78 is 10.4. The fourth-order valence-electron chi connectivity index (χ4n) is 3.80. The standard InChI is InChI=1S/C23H27N3O6/c1-16(18-8-4-5-9-21(18)31-2)24-22(27)15-32-23(28)17-10-11-19(20(14-17)26(29)30)25-12-6-3-7-13-25/h4-5,8-11,14,16H,3,6-7,12-13,15H2,1-2H3,(H,24,27). The van der Waals surface area contributed by atoms with Gasteiger partial charge >= 0.3 is 5.97 Å². The summed E-state index contributed by atoms with van der Waals surface area (Å²) in [6.07, 6.45) is 3.05. The zero-order valence-electron chi connectivity index (χ0n) is 18.2. The van der Waals surface area contributed by atoms with Gasteiger partial charge in [-0.25, -0.2) is 4.79 Å². The van der Waals surface area contributed by atoms with Gasteiger partial charge in [0.15, 0.2) is 6.61 Å². The molecule has 32 heavy (non-hydrogen) atoms. The number of nitro groups is 1. The number of carbonyl (C=O) groups is 2. The molecule has 1 atom stereocenters. The molecule has 0 aromatic heterocycles. The van der Waals surface area contributed by atoms with Gasteiger partial charge in [-0.15, -0.1) is 0 Å². The van der Waals surface area contributed by atoms with Crippen LogP contribution in [0.25, 0.3) is 0 Å². The third-order valence-corrected chi connectivity index (χ3v) is 5.42. The SMILES string of the molecule is COc1ccccc1C(C)NC(=O)COC(=O)c1ccc(N2CCCCC2)c([N+](=O)[O-])c1. The highest BCUT2D eigenvalue weighted by atomic mass is 16.6. The number of nitro benzene ring substituents is 1. The minimum Gasteiger partial charge on any atom is -0.496 e. The molecule has 1 heterocycles. The molecule has 0 bridgehead atoms. The number of nitrogens with zero attached hydrogens (tertiary/aromatic N) is 2. The van der Waals surface area contributed by atoms with E-state index in [0.29, 0.717) is 11.4 Å². The van der Waals surface area contributed by atoms with Gasteiger partial charge in [0.2, 0.25) is 0 Å². The van der Waals surface area contributed by atoms with E-state index in [1.807, 2.05) is 23.1 Å². The summed E-state index contributed by atoms with van der Waals surface area (Å²) in [4.78, 5) is 37.7. The highest BCUT2D eigenvalue weighted by Gasteiger charge is 2.24. The van der Waals surface area contributed by atoms with Crippen molar-refractivity contribution in [3.05, 3.63) is 63.7 Å². The fourth-order valence-corrected chi connectivity index (χ4v) is 3.80. The minimum absolute atomic E-state index is 0.0306. The Morgan fingerprint density at radius 2 is 1.88 bits per heavy atom. The number of carbonyl (C=O) groups excluding carboxylic acids is 2. The lowest BCUT2D eigenvalue weighted by Crippen LogP contribution is -2.31. The van der Waals surface area contributed by atoms with Crippen molar-refractivity contribution < 1.29 is 24.0 Å². The first kappa shape index (κ1) is 23.1. The number of rotatable bonds is 8. The molecule has 170 valence electrons. The van der Waals surface area contributed by atoms with Crippen LogP contribution in [-0.2, 0) is 9.53 Å². The number of methoxy groups -OCH3 is 1. The quantitative estimate of drug-likeness (QED) is 0.378. The van der Waals surface area contributed by atoms with Crippen molar-refractivity contribution in [2.24, 2.45) is 0 Å². The van der Waals surface area contributed by atoms with E-state index in [1.54, 1.807) is 26.2 Å². The molecule has 2 aromatic rings. The number of benzene rings is 2. The third kappa shape index (κ3) is 5.54. The average molecular weight is 441 g/mol. The number of anilines is 1. The number of hydrogen-bond donors (Lipinski definition) is 1. The first-order valence-electron chi connectivity index (χ1n) is 10.5. The van der Waals surface area contributed by atoms with E-state index < -0.39 is 23.4 Å². The highest BCUT2D eigenvalue weighted by Crippen LogP contribution is 2.31. The molecule has 1 amide bonds. The van der Waals surface area contributed by atoms with E-state index in [4.69, 9.17) is 9.47 Å². The van der Waals surface area contributed by atoms with Gasteiger partial charge in [0.1, 0.15) is 11.4 Å². The van der Waals surface area contributed by atoms with Crippen LogP contribution < -0.4 is 15.0 Å². The molecule has 2 aromatic carbocycles. The van der Waals surface area contributed by atoms with Gasteiger partial charge in [0, 0.05) is 24.7 Å². The van der Waals surface area contributed by atoms with Crippen LogP contribution in [0.5, 0.6) is 5.75 Å². The molecule has 1 aliphatic heterocycles.